The van der Waals surface area contributed by atoms with Crippen molar-refractivity contribution >= 4 is 0 Å². The first-order valence-electron chi connectivity index (χ1n) is 6.98. The lowest BCUT2D eigenvalue weighted by Gasteiger charge is -2.33. The summed E-state index contributed by atoms with van der Waals surface area (Å²) in [6.07, 6.45) is 1.65. The van der Waals surface area contributed by atoms with Gasteiger partial charge in [-0.15, -0.1) is 0 Å². The van der Waals surface area contributed by atoms with E-state index < -0.39 is 6.10 Å². The van der Waals surface area contributed by atoms with Crippen molar-refractivity contribution < 1.29 is 9.84 Å². The van der Waals surface area contributed by atoms with Gasteiger partial charge in [0, 0.05) is 26.2 Å². The Hall–Kier alpha value is -1.61. The summed E-state index contributed by atoms with van der Waals surface area (Å²) >= 11 is 0. The van der Waals surface area contributed by atoms with Gasteiger partial charge in [-0.1, -0.05) is 0 Å². The molecule has 5 nitrogen and oxygen atoms in total. The fourth-order valence-electron chi connectivity index (χ4n) is 2.38. The molecule has 0 aromatic heterocycles. The molecule has 3 N–H and O–H groups in total. The second-order valence-electron chi connectivity index (χ2n) is 5.14. The summed E-state index contributed by atoms with van der Waals surface area (Å²) < 4.78 is 5.91. The molecule has 1 saturated heterocycles. The summed E-state index contributed by atoms with van der Waals surface area (Å²) in [6.45, 7) is 2.78. The highest BCUT2D eigenvalue weighted by Gasteiger charge is 2.21. The van der Waals surface area contributed by atoms with Crippen molar-refractivity contribution in [2.24, 2.45) is 5.73 Å². The van der Waals surface area contributed by atoms with Crippen LogP contribution in [0.1, 0.15) is 18.4 Å². The minimum absolute atomic E-state index is 0.203. The van der Waals surface area contributed by atoms with E-state index in [9.17, 15) is 5.11 Å². The van der Waals surface area contributed by atoms with Crippen LogP contribution in [0.2, 0.25) is 0 Å². The third kappa shape index (κ3) is 4.20. The van der Waals surface area contributed by atoms with Gasteiger partial charge in [-0.3, -0.25) is 0 Å². The number of aliphatic hydroxyl groups excluding tert-OH is 1. The Kier molecular flexibility index (Phi) is 5.36. The molecule has 1 unspecified atom stereocenters. The molecule has 0 amide bonds. The number of aliphatic hydroxyl groups is 1. The number of piperidine rings is 1. The highest BCUT2D eigenvalue weighted by molar-refractivity contribution is 5.34. The molecule has 1 fully saturated rings. The maximum Gasteiger partial charge on any atom is 0.119 e. The molecule has 1 aromatic carbocycles. The molecule has 1 aliphatic heterocycles. The Labute approximate surface area is 119 Å². The van der Waals surface area contributed by atoms with Crippen LogP contribution in [0.3, 0.4) is 0 Å². The number of nitrogens with zero attached hydrogens (tertiary/aromatic N) is 2. The van der Waals surface area contributed by atoms with E-state index in [0.29, 0.717) is 18.7 Å². The average molecular weight is 275 g/mol. The zero-order valence-corrected chi connectivity index (χ0v) is 11.5. The Bertz CT molecular complexity index is 447. The molecule has 0 radical (unpaired) electrons. The quantitative estimate of drug-likeness (QED) is 0.827. The summed E-state index contributed by atoms with van der Waals surface area (Å²) in [5.74, 6) is 0.810. The molecule has 1 atom stereocenters. The van der Waals surface area contributed by atoms with Crippen LogP contribution in [0.4, 0.5) is 0 Å². The summed E-state index contributed by atoms with van der Waals surface area (Å²) in [5, 5.41) is 18.3. The number of hydrogen-bond donors (Lipinski definition) is 2. The number of nitrogens with two attached hydrogens (primary N) is 1. The van der Waals surface area contributed by atoms with Gasteiger partial charge in [-0.2, -0.15) is 5.26 Å². The van der Waals surface area contributed by atoms with Crippen molar-refractivity contribution in [1.29, 1.82) is 5.26 Å². The molecule has 1 heterocycles. The number of nitriles is 1. The number of hydrogen-bond acceptors (Lipinski definition) is 5. The predicted molar refractivity (Wildman–Crippen MR) is 76.3 cm³/mol. The lowest BCUT2D eigenvalue weighted by Crippen LogP contribution is -2.43. The van der Waals surface area contributed by atoms with Gasteiger partial charge in [0.25, 0.3) is 0 Å². The van der Waals surface area contributed by atoms with Gasteiger partial charge in [-0.25, -0.2) is 0 Å². The average Bonchev–Trinajstić information content (AvgIpc) is 2.50. The second-order valence-corrected chi connectivity index (χ2v) is 5.14. The van der Waals surface area contributed by atoms with Gasteiger partial charge in [0.15, 0.2) is 0 Å². The Balaban J connectivity index is 1.77. The topological polar surface area (TPSA) is 82.5 Å². The number of β-amino-alcohol motifs (C(OH)–C–C–N with tert-alkyl or cyclic N) is 1. The zero-order valence-electron chi connectivity index (χ0n) is 11.5. The summed E-state index contributed by atoms with van der Waals surface area (Å²) in [6, 6.07) is 9.30. The molecular formula is C15H21N3O2. The molecular weight excluding hydrogens is 254 g/mol. The van der Waals surface area contributed by atoms with Gasteiger partial charge in [-0.05, 0) is 37.1 Å². The first-order valence-corrected chi connectivity index (χ1v) is 6.98. The van der Waals surface area contributed by atoms with Crippen molar-refractivity contribution in [3.8, 4) is 11.8 Å². The predicted octanol–water partition coefficient (Wildman–Crippen LogP) is 0.721. The fraction of sp³-hybridized carbons (Fsp3) is 0.533. The van der Waals surface area contributed by atoms with Gasteiger partial charge in [0.05, 0.1) is 17.7 Å². The van der Waals surface area contributed by atoms with E-state index in [1.165, 1.54) is 0 Å². The van der Waals surface area contributed by atoms with E-state index in [2.05, 4.69) is 11.0 Å². The third-order valence-electron chi connectivity index (χ3n) is 3.56. The van der Waals surface area contributed by atoms with Gasteiger partial charge >= 0.3 is 0 Å². The molecule has 0 aliphatic carbocycles. The minimum atomic E-state index is -0.439. The van der Waals surface area contributed by atoms with E-state index in [1.54, 1.807) is 12.1 Å². The fourth-order valence-corrected chi connectivity index (χ4v) is 2.38. The smallest absolute Gasteiger partial charge is 0.119 e. The lowest BCUT2D eigenvalue weighted by atomic mass is 10.1. The Morgan fingerprint density at radius 2 is 2.00 bits per heavy atom. The Morgan fingerprint density at radius 1 is 1.35 bits per heavy atom. The highest BCUT2D eigenvalue weighted by atomic mass is 16.5. The maximum atomic E-state index is 9.54. The molecule has 0 bridgehead atoms. The van der Waals surface area contributed by atoms with Gasteiger partial charge in [0.1, 0.15) is 11.9 Å². The van der Waals surface area contributed by atoms with Crippen molar-refractivity contribution in [1.82, 2.24) is 4.90 Å². The van der Waals surface area contributed by atoms with Crippen molar-refractivity contribution in [2.75, 3.05) is 26.2 Å². The summed E-state index contributed by atoms with van der Waals surface area (Å²) in [5.41, 5.74) is 6.06. The zero-order chi connectivity index (χ0) is 14.4. The van der Waals surface area contributed by atoms with E-state index >= 15 is 0 Å². The third-order valence-corrected chi connectivity index (χ3v) is 3.56. The van der Waals surface area contributed by atoms with Crippen LogP contribution in [-0.2, 0) is 0 Å². The molecule has 0 spiro atoms. The number of ether oxygens (including phenoxy) is 1. The molecule has 1 aromatic rings. The van der Waals surface area contributed by atoms with Crippen molar-refractivity contribution in [3.05, 3.63) is 29.8 Å². The van der Waals surface area contributed by atoms with Crippen LogP contribution < -0.4 is 10.5 Å². The molecule has 5 heteroatoms. The standard InChI is InChI=1S/C15H21N3O2/c16-9-12-1-3-14(4-2-12)20-15-5-7-18(8-6-15)11-13(19)10-17/h1-4,13,15,19H,5-8,10-11,17H2. The van der Waals surface area contributed by atoms with Crippen LogP contribution in [0, 0.1) is 11.3 Å². The van der Waals surface area contributed by atoms with E-state index in [-0.39, 0.29) is 6.10 Å². The van der Waals surface area contributed by atoms with Crippen LogP contribution >= 0.6 is 0 Å². The van der Waals surface area contributed by atoms with Gasteiger partial charge in [0.2, 0.25) is 0 Å². The monoisotopic (exact) mass is 275 g/mol. The largest absolute Gasteiger partial charge is 0.490 e. The normalized spacial score (nSPS) is 18.4. The highest BCUT2D eigenvalue weighted by Crippen LogP contribution is 2.19. The minimum Gasteiger partial charge on any atom is -0.490 e. The molecule has 2 rings (SSSR count). The van der Waals surface area contributed by atoms with Crippen molar-refractivity contribution in [3.63, 3.8) is 0 Å². The van der Waals surface area contributed by atoms with E-state index in [0.717, 1.165) is 31.7 Å². The maximum absolute atomic E-state index is 9.54. The van der Waals surface area contributed by atoms with E-state index in [4.69, 9.17) is 15.7 Å². The first-order chi connectivity index (χ1) is 9.71. The van der Waals surface area contributed by atoms with E-state index in [1.807, 2.05) is 12.1 Å². The molecule has 0 saturated carbocycles. The van der Waals surface area contributed by atoms with Crippen LogP contribution in [0.15, 0.2) is 24.3 Å². The summed E-state index contributed by atoms with van der Waals surface area (Å²) in [7, 11) is 0. The second kappa shape index (κ2) is 7.25. The van der Waals surface area contributed by atoms with Crippen LogP contribution in [0.5, 0.6) is 5.75 Å². The first kappa shape index (κ1) is 14.8. The lowest BCUT2D eigenvalue weighted by molar-refractivity contribution is 0.0641. The molecule has 108 valence electrons. The summed E-state index contributed by atoms with van der Waals surface area (Å²) in [4.78, 5) is 2.22. The molecule has 20 heavy (non-hydrogen) atoms. The molecule has 1 aliphatic rings. The van der Waals surface area contributed by atoms with Gasteiger partial charge < -0.3 is 20.5 Å². The number of likely N-dealkylation sites (tertiary alicyclic amines) is 1. The van der Waals surface area contributed by atoms with Crippen LogP contribution in [-0.4, -0.2) is 48.4 Å². The number of benzene rings is 1. The SMILES string of the molecule is N#Cc1ccc(OC2CCN(CC(O)CN)CC2)cc1. The van der Waals surface area contributed by atoms with Crippen LogP contribution in [0.25, 0.3) is 0 Å². The Morgan fingerprint density at radius 3 is 2.55 bits per heavy atom. The number of rotatable bonds is 5. The van der Waals surface area contributed by atoms with Crippen molar-refractivity contribution in [2.45, 2.75) is 25.0 Å².